The molecule has 1 aromatic rings. The Morgan fingerprint density at radius 2 is 1.89 bits per heavy atom. The molecule has 1 aliphatic rings. The number of benzene rings is 1. The highest BCUT2D eigenvalue weighted by Crippen LogP contribution is 2.27. The molecule has 0 bridgehead atoms. The Hall–Kier alpha value is -1.09. The van der Waals surface area contributed by atoms with E-state index in [1.165, 1.54) is 37.8 Å². The van der Waals surface area contributed by atoms with Crippen LogP contribution in [0.3, 0.4) is 0 Å². The Morgan fingerprint density at radius 1 is 1.21 bits per heavy atom. The Morgan fingerprint density at radius 3 is 2.47 bits per heavy atom. The van der Waals surface area contributed by atoms with Gasteiger partial charge in [0.15, 0.2) is 0 Å². The van der Waals surface area contributed by atoms with E-state index in [4.69, 9.17) is 0 Å². The highest BCUT2D eigenvalue weighted by molar-refractivity contribution is 5.47. The number of aryl methyl sites for hydroxylation is 1. The summed E-state index contributed by atoms with van der Waals surface area (Å²) >= 11 is 0. The number of hydrogen-bond donors (Lipinski definition) is 2. The van der Waals surface area contributed by atoms with Crippen molar-refractivity contribution in [1.29, 1.82) is 0 Å². The van der Waals surface area contributed by atoms with E-state index in [0.717, 1.165) is 24.1 Å². The van der Waals surface area contributed by atoms with Crippen molar-refractivity contribution in [1.82, 2.24) is 0 Å². The quantitative estimate of drug-likeness (QED) is 0.810. The van der Waals surface area contributed by atoms with Crippen molar-refractivity contribution < 1.29 is 9.50 Å². The molecular formula is C16H24FNO. The normalized spacial score (nSPS) is 18.9. The average Bonchev–Trinajstić information content (AvgIpc) is 2.63. The van der Waals surface area contributed by atoms with E-state index in [-0.39, 0.29) is 18.5 Å². The van der Waals surface area contributed by atoms with Gasteiger partial charge in [0.25, 0.3) is 0 Å². The molecular weight excluding hydrogens is 241 g/mol. The average molecular weight is 265 g/mol. The number of aliphatic hydroxyl groups is 1. The van der Waals surface area contributed by atoms with Crippen LogP contribution in [-0.4, -0.2) is 17.8 Å². The molecule has 0 amide bonds. The van der Waals surface area contributed by atoms with Crippen molar-refractivity contribution in [3.63, 3.8) is 0 Å². The van der Waals surface area contributed by atoms with Crippen LogP contribution in [0.1, 0.15) is 44.1 Å². The van der Waals surface area contributed by atoms with E-state index in [1.807, 2.05) is 13.0 Å². The standard InChI is InChI=1S/C16H24FNO/c1-12-8-14(17)10-15(9-12)18-16(11-19)13-6-4-2-3-5-7-13/h8-10,13,16,18-19H,2-7,11H2,1H3. The smallest absolute Gasteiger partial charge is 0.125 e. The highest BCUT2D eigenvalue weighted by Gasteiger charge is 2.22. The zero-order chi connectivity index (χ0) is 13.7. The summed E-state index contributed by atoms with van der Waals surface area (Å²) in [5, 5.41) is 12.9. The second kappa shape index (κ2) is 6.90. The molecule has 1 aliphatic carbocycles. The molecule has 1 aromatic carbocycles. The molecule has 1 unspecified atom stereocenters. The van der Waals surface area contributed by atoms with Gasteiger partial charge in [0.1, 0.15) is 5.82 Å². The molecule has 3 heteroatoms. The topological polar surface area (TPSA) is 32.3 Å². The fourth-order valence-corrected chi connectivity index (χ4v) is 3.06. The molecule has 106 valence electrons. The lowest BCUT2D eigenvalue weighted by Gasteiger charge is -2.26. The fourth-order valence-electron chi connectivity index (χ4n) is 3.06. The predicted molar refractivity (Wildman–Crippen MR) is 76.8 cm³/mol. The van der Waals surface area contributed by atoms with Gasteiger partial charge in [-0.05, 0) is 49.4 Å². The van der Waals surface area contributed by atoms with Gasteiger partial charge in [0.2, 0.25) is 0 Å². The Kier molecular flexibility index (Phi) is 5.20. The maximum atomic E-state index is 13.4. The molecule has 0 heterocycles. The summed E-state index contributed by atoms with van der Waals surface area (Å²) in [5.41, 5.74) is 1.68. The molecule has 2 nitrogen and oxygen atoms in total. The van der Waals surface area contributed by atoms with Crippen molar-refractivity contribution in [2.75, 3.05) is 11.9 Å². The van der Waals surface area contributed by atoms with Crippen molar-refractivity contribution in [2.24, 2.45) is 5.92 Å². The number of rotatable bonds is 4. The lowest BCUT2D eigenvalue weighted by atomic mass is 9.92. The first kappa shape index (κ1) is 14.3. The predicted octanol–water partition coefficient (Wildman–Crippen LogP) is 3.88. The molecule has 2 N–H and O–H groups in total. The second-order valence-electron chi connectivity index (χ2n) is 5.70. The first-order chi connectivity index (χ1) is 9.19. The maximum absolute atomic E-state index is 13.4. The van der Waals surface area contributed by atoms with E-state index in [0.29, 0.717) is 5.92 Å². The number of nitrogens with one attached hydrogen (secondary N) is 1. The summed E-state index contributed by atoms with van der Waals surface area (Å²) in [4.78, 5) is 0. The minimum atomic E-state index is -0.222. The van der Waals surface area contributed by atoms with Gasteiger partial charge in [-0.3, -0.25) is 0 Å². The molecule has 0 aliphatic heterocycles. The molecule has 1 saturated carbocycles. The lowest BCUT2D eigenvalue weighted by molar-refractivity contribution is 0.227. The van der Waals surface area contributed by atoms with E-state index < -0.39 is 0 Å². The molecule has 1 atom stereocenters. The summed E-state index contributed by atoms with van der Waals surface area (Å²) in [7, 11) is 0. The van der Waals surface area contributed by atoms with Crippen LogP contribution in [0, 0.1) is 18.7 Å². The van der Waals surface area contributed by atoms with Gasteiger partial charge in [-0.2, -0.15) is 0 Å². The van der Waals surface area contributed by atoms with Crippen molar-refractivity contribution >= 4 is 5.69 Å². The van der Waals surface area contributed by atoms with Crippen LogP contribution in [0.25, 0.3) is 0 Å². The molecule has 19 heavy (non-hydrogen) atoms. The van der Waals surface area contributed by atoms with Crippen LogP contribution in [-0.2, 0) is 0 Å². The molecule has 0 saturated heterocycles. The number of halogens is 1. The van der Waals surface area contributed by atoms with E-state index in [9.17, 15) is 9.50 Å². The van der Waals surface area contributed by atoms with Crippen molar-refractivity contribution in [3.05, 3.63) is 29.6 Å². The SMILES string of the molecule is Cc1cc(F)cc(NC(CO)C2CCCCCC2)c1. The Bertz CT molecular complexity index is 379. The Labute approximate surface area is 115 Å². The zero-order valence-electron chi connectivity index (χ0n) is 11.7. The third kappa shape index (κ3) is 4.20. The van der Waals surface area contributed by atoms with Gasteiger partial charge in [0, 0.05) is 5.69 Å². The van der Waals surface area contributed by atoms with Crippen LogP contribution < -0.4 is 5.32 Å². The van der Waals surface area contributed by atoms with Crippen LogP contribution >= 0.6 is 0 Å². The van der Waals surface area contributed by atoms with Crippen LogP contribution in [0.5, 0.6) is 0 Å². The van der Waals surface area contributed by atoms with E-state index in [2.05, 4.69) is 5.32 Å². The summed E-state index contributed by atoms with van der Waals surface area (Å²) in [5.74, 6) is 0.274. The second-order valence-corrected chi connectivity index (χ2v) is 5.70. The molecule has 0 radical (unpaired) electrons. The monoisotopic (exact) mass is 265 g/mol. The summed E-state index contributed by atoms with van der Waals surface area (Å²) in [6, 6.07) is 5.00. The Balaban J connectivity index is 2.04. The van der Waals surface area contributed by atoms with Crippen LogP contribution in [0.4, 0.5) is 10.1 Å². The van der Waals surface area contributed by atoms with Gasteiger partial charge in [-0.1, -0.05) is 25.7 Å². The number of anilines is 1. The summed E-state index contributed by atoms with van der Waals surface area (Å²) in [6.07, 6.45) is 7.40. The van der Waals surface area contributed by atoms with Gasteiger partial charge in [0.05, 0.1) is 12.6 Å². The third-order valence-corrected chi connectivity index (χ3v) is 4.06. The number of aliphatic hydroxyl groups excluding tert-OH is 1. The van der Waals surface area contributed by atoms with Crippen LogP contribution in [0.2, 0.25) is 0 Å². The largest absolute Gasteiger partial charge is 0.394 e. The van der Waals surface area contributed by atoms with E-state index >= 15 is 0 Å². The molecule has 2 rings (SSSR count). The van der Waals surface area contributed by atoms with Gasteiger partial charge >= 0.3 is 0 Å². The lowest BCUT2D eigenvalue weighted by Crippen LogP contribution is -2.32. The summed E-state index contributed by atoms with van der Waals surface area (Å²) in [6.45, 7) is 1.99. The van der Waals surface area contributed by atoms with Gasteiger partial charge in [-0.15, -0.1) is 0 Å². The molecule has 1 fully saturated rings. The fraction of sp³-hybridized carbons (Fsp3) is 0.625. The summed E-state index contributed by atoms with van der Waals surface area (Å²) < 4.78 is 13.4. The van der Waals surface area contributed by atoms with Gasteiger partial charge < -0.3 is 10.4 Å². The zero-order valence-corrected chi connectivity index (χ0v) is 11.7. The third-order valence-electron chi connectivity index (χ3n) is 4.06. The molecule has 0 aromatic heterocycles. The first-order valence-corrected chi connectivity index (χ1v) is 7.33. The first-order valence-electron chi connectivity index (χ1n) is 7.33. The minimum Gasteiger partial charge on any atom is -0.394 e. The van der Waals surface area contributed by atoms with Crippen molar-refractivity contribution in [3.8, 4) is 0 Å². The molecule has 0 spiro atoms. The van der Waals surface area contributed by atoms with E-state index in [1.54, 1.807) is 0 Å². The van der Waals surface area contributed by atoms with Crippen molar-refractivity contribution in [2.45, 2.75) is 51.5 Å². The highest BCUT2D eigenvalue weighted by atomic mass is 19.1. The minimum absolute atomic E-state index is 0.0410. The number of hydrogen-bond acceptors (Lipinski definition) is 2. The van der Waals surface area contributed by atoms with Crippen LogP contribution in [0.15, 0.2) is 18.2 Å². The van der Waals surface area contributed by atoms with Gasteiger partial charge in [-0.25, -0.2) is 4.39 Å². The maximum Gasteiger partial charge on any atom is 0.125 e.